The quantitative estimate of drug-likeness (QED) is 0.516. The molecule has 0 radical (unpaired) electrons. The fraction of sp³-hybridized carbons (Fsp3) is 0.273. The Labute approximate surface area is 75.8 Å². The topological polar surface area (TPSA) is 0 Å². The van der Waals surface area contributed by atoms with Crippen LogP contribution in [0.5, 0.6) is 0 Å². The molecular formula is C11H19F. The van der Waals surface area contributed by atoms with Crippen LogP contribution >= 0.6 is 0 Å². The van der Waals surface area contributed by atoms with Crippen molar-refractivity contribution in [2.24, 2.45) is 0 Å². The van der Waals surface area contributed by atoms with Gasteiger partial charge in [-0.1, -0.05) is 56.0 Å². The predicted molar refractivity (Wildman–Crippen MR) is 57.1 cm³/mol. The number of halogens is 1. The fourth-order valence-electron chi connectivity index (χ4n) is 0.786. The van der Waals surface area contributed by atoms with Crippen LogP contribution in [0, 0.1) is 0 Å². The lowest BCUT2D eigenvalue weighted by Crippen LogP contribution is -1.37. The molecule has 70 valence electrons. The van der Waals surface area contributed by atoms with Crippen molar-refractivity contribution >= 4 is 0 Å². The third kappa shape index (κ3) is 7.00. The summed E-state index contributed by atoms with van der Waals surface area (Å²) in [6.07, 6.45) is 19.0. The van der Waals surface area contributed by atoms with Gasteiger partial charge in [0.05, 0.1) is 0 Å². The van der Waals surface area contributed by atoms with Gasteiger partial charge in [-0.25, -0.2) is 0 Å². The summed E-state index contributed by atoms with van der Waals surface area (Å²) in [6, 6.07) is 0. The van der Waals surface area contributed by atoms with Crippen molar-refractivity contribution in [3.8, 4) is 0 Å². The molecule has 0 saturated heterocycles. The average Bonchev–Trinajstić information content (AvgIpc) is 2.67. The molecule has 0 atom stereocenters. The van der Waals surface area contributed by atoms with Crippen molar-refractivity contribution in [1.82, 2.24) is 0 Å². The zero-order valence-electron chi connectivity index (χ0n) is 6.44. The highest BCUT2D eigenvalue weighted by Crippen LogP contribution is 1.93. The summed E-state index contributed by atoms with van der Waals surface area (Å²) in [7, 11) is 0. The minimum absolute atomic E-state index is 0. The Morgan fingerprint density at radius 2 is 0.917 bits per heavy atom. The van der Waals surface area contributed by atoms with Crippen LogP contribution in [0.3, 0.4) is 0 Å². The molecule has 0 nitrogen and oxygen atoms in total. The predicted octanol–water partition coefficient (Wildman–Crippen LogP) is 4.04. The molecule has 0 amide bonds. The molecule has 0 saturated carbocycles. The molecule has 0 aliphatic heterocycles. The van der Waals surface area contributed by atoms with E-state index in [9.17, 15) is 0 Å². The van der Waals surface area contributed by atoms with Crippen LogP contribution in [0.1, 0.15) is 21.7 Å². The highest BCUT2D eigenvalue weighted by atomic mass is 19.0. The van der Waals surface area contributed by atoms with Crippen LogP contribution < -0.4 is 0 Å². The Hall–Kier alpha value is -1.11. The molecule has 0 heterocycles. The SMILES string of the molecule is C.C1=CCC=C1.C1=CCC=C1.F.[2HH]. The van der Waals surface area contributed by atoms with E-state index in [-0.39, 0.29) is 13.6 Å². The van der Waals surface area contributed by atoms with Crippen molar-refractivity contribution in [3.05, 3.63) is 48.6 Å². The van der Waals surface area contributed by atoms with E-state index in [4.69, 9.17) is 0 Å². The van der Waals surface area contributed by atoms with Crippen LogP contribution in [-0.2, 0) is 0 Å². The molecule has 0 bridgehead atoms. The molecule has 0 spiro atoms. The molecule has 0 N–H and O–H groups in total. The lowest BCUT2D eigenvalue weighted by molar-refractivity contribution is 1.11. The first-order valence-corrected chi connectivity index (χ1v) is 3.63. The van der Waals surface area contributed by atoms with Gasteiger partial charge >= 0.3 is 0 Å². The molecule has 0 aromatic carbocycles. The third-order valence-electron chi connectivity index (χ3n) is 1.31. The van der Waals surface area contributed by atoms with Gasteiger partial charge in [0.1, 0.15) is 0 Å². The monoisotopic (exact) mass is 171 g/mol. The zero-order chi connectivity index (χ0) is 7.07. The van der Waals surface area contributed by atoms with E-state index in [1.807, 2.05) is 0 Å². The molecule has 0 aromatic heterocycles. The van der Waals surface area contributed by atoms with Gasteiger partial charge in [0.15, 0.2) is 0 Å². The molecule has 0 aromatic rings. The van der Waals surface area contributed by atoms with E-state index in [1.165, 1.54) is 0 Å². The van der Waals surface area contributed by atoms with Crippen LogP contribution in [0.25, 0.3) is 0 Å². The maximum Gasteiger partial charge on any atom is 0 e. The molecule has 2 aliphatic carbocycles. The van der Waals surface area contributed by atoms with Gasteiger partial charge in [-0.05, 0) is 12.8 Å². The van der Waals surface area contributed by atoms with E-state index in [0.717, 1.165) is 12.8 Å². The zero-order valence-corrected chi connectivity index (χ0v) is 6.44. The van der Waals surface area contributed by atoms with Crippen LogP contribution in [-0.4, -0.2) is 0 Å². The molecule has 1 heteroatoms. The van der Waals surface area contributed by atoms with Gasteiger partial charge in [0, 0.05) is 1.43 Å². The largest absolute Gasteiger partial charge is 0.269 e. The molecule has 2 aliphatic rings. The van der Waals surface area contributed by atoms with Crippen LogP contribution in [0.15, 0.2) is 48.6 Å². The maximum atomic E-state index is 2.12. The van der Waals surface area contributed by atoms with Crippen LogP contribution in [0.2, 0.25) is 0 Å². The summed E-state index contributed by atoms with van der Waals surface area (Å²) in [5.41, 5.74) is 0. The standard InChI is InChI=1S/2C5H6.CH4.FH.H2/c2*1-2-4-5-3-1;;;/h2*1-4H,5H2;1H4;2*1H/i;;;;1+1. The smallest absolute Gasteiger partial charge is 0 e. The number of hydrogen-bond acceptors (Lipinski definition) is 0. The summed E-state index contributed by atoms with van der Waals surface area (Å²) in [5.74, 6) is 0. The van der Waals surface area contributed by atoms with Crippen LogP contribution in [0.4, 0.5) is 4.70 Å². The van der Waals surface area contributed by atoms with Gasteiger partial charge in [-0.3, -0.25) is 4.70 Å². The van der Waals surface area contributed by atoms with E-state index >= 15 is 0 Å². The van der Waals surface area contributed by atoms with Gasteiger partial charge < -0.3 is 0 Å². The first-order valence-electron chi connectivity index (χ1n) is 3.63. The Bertz CT molecular complexity index is 148. The number of rotatable bonds is 0. The summed E-state index contributed by atoms with van der Waals surface area (Å²) in [5, 5.41) is 0. The van der Waals surface area contributed by atoms with Gasteiger partial charge in [-0.15, -0.1) is 0 Å². The summed E-state index contributed by atoms with van der Waals surface area (Å²) >= 11 is 0. The number of allylic oxidation sites excluding steroid dienone is 8. The third-order valence-corrected chi connectivity index (χ3v) is 1.31. The molecule has 0 unspecified atom stereocenters. The Morgan fingerprint density at radius 1 is 0.667 bits per heavy atom. The van der Waals surface area contributed by atoms with Crippen molar-refractivity contribution in [2.45, 2.75) is 20.3 Å². The van der Waals surface area contributed by atoms with E-state index in [2.05, 4.69) is 48.6 Å². The van der Waals surface area contributed by atoms with E-state index in [1.54, 1.807) is 0 Å². The second-order valence-electron chi connectivity index (χ2n) is 2.18. The second kappa shape index (κ2) is 9.89. The Kier molecular flexibility index (Phi) is 11.1. The Morgan fingerprint density at radius 3 is 1.00 bits per heavy atom. The second-order valence-corrected chi connectivity index (χ2v) is 2.18. The van der Waals surface area contributed by atoms with Crippen molar-refractivity contribution in [3.63, 3.8) is 0 Å². The maximum absolute atomic E-state index is 2.12. The highest BCUT2D eigenvalue weighted by Gasteiger charge is 1.72. The van der Waals surface area contributed by atoms with Crippen molar-refractivity contribution in [1.29, 1.82) is 0 Å². The lowest BCUT2D eigenvalue weighted by atomic mass is 10.5. The first-order chi connectivity index (χ1) is 5.00. The lowest BCUT2D eigenvalue weighted by Gasteiger charge is -1.57. The fourth-order valence-corrected chi connectivity index (χ4v) is 0.786. The van der Waals surface area contributed by atoms with Gasteiger partial charge in [-0.2, -0.15) is 0 Å². The first kappa shape index (κ1) is 13.5. The van der Waals surface area contributed by atoms with E-state index in [0.29, 0.717) is 0 Å². The van der Waals surface area contributed by atoms with Crippen molar-refractivity contribution in [2.75, 3.05) is 0 Å². The van der Waals surface area contributed by atoms with E-state index < -0.39 is 0 Å². The summed E-state index contributed by atoms with van der Waals surface area (Å²) < 4.78 is 0. The number of hydrogen-bond donors (Lipinski definition) is 0. The minimum Gasteiger partial charge on any atom is -0.269 e. The van der Waals surface area contributed by atoms with Gasteiger partial charge in [0.25, 0.3) is 0 Å². The molecule has 0 fully saturated rings. The highest BCUT2D eigenvalue weighted by molar-refractivity contribution is 5.12. The molecule has 12 heavy (non-hydrogen) atoms. The summed E-state index contributed by atoms with van der Waals surface area (Å²) in [4.78, 5) is 0. The normalized spacial score (nSPS) is 14.7. The molecule has 2 rings (SSSR count). The molecular weight excluding hydrogens is 151 g/mol. The Balaban J connectivity index is -0.000000125. The average molecular weight is 171 g/mol. The van der Waals surface area contributed by atoms with Crippen molar-refractivity contribution < 1.29 is 6.13 Å². The summed E-state index contributed by atoms with van der Waals surface area (Å²) in [6.45, 7) is 0. The van der Waals surface area contributed by atoms with Gasteiger partial charge in [0.2, 0.25) is 0 Å². The minimum atomic E-state index is 0.